The van der Waals surface area contributed by atoms with Crippen molar-refractivity contribution >= 4 is 5.97 Å². The molecular formula is C30H58ClNO2. The number of rotatable bonds is 24. The van der Waals surface area contributed by atoms with E-state index in [1.165, 1.54) is 96.4 Å². The second-order valence-corrected chi connectivity index (χ2v) is 10.4. The fraction of sp³-hybridized carbons (Fsp3) is 0.833. The van der Waals surface area contributed by atoms with Crippen molar-refractivity contribution in [2.45, 2.75) is 136 Å². The summed E-state index contributed by atoms with van der Waals surface area (Å²) >= 11 is 0. The smallest absolute Gasteiger partial charge is 0.333 e. The Morgan fingerprint density at radius 1 is 0.853 bits per heavy atom. The van der Waals surface area contributed by atoms with Gasteiger partial charge in [-0.1, -0.05) is 104 Å². The largest absolute Gasteiger partial charge is 1.00 e. The van der Waals surface area contributed by atoms with Crippen LogP contribution in [0.25, 0.3) is 0 Å². The summed E-state index contributed by atoms with van der Waals surface area (Å²) in [5.41, 5.74) is 0.479. The minimum absolute atomic E-state index is 0. The first-order chi connectivity index (χ1) is 15.9. The Bertz CT molecular complexity index is 508. The summed E-state index contributed by atoms with van der Waals surface area (Å²) in [4.78, 5) is 11.6. The average Bonchev–Trinajstić information content (AvgIpc) is 2.79. The minimum Gasteiger partial charge on any atom is -1.00 e. The highest BCUT2D eigenvalue weighted by atomic mass is 35.5. The maximum absolute atomic E-state index is 11.6. The molecule has 0 N–H and O–H groups in total. The molecule has 0 aliphatic rings. The van der Waals surface area contributed by atoms with Gasteiger partial charge in [-0.2, -0.15) is 0 Å². The van der Waals surface area contributed by atoms with Gasteiger partial charge in [-0.3, -0.25) is 0 Å². The van der Waals surface area contributed by atoms with Crippen LogP contribution in [0.3, 0.4) is 0 Å². The van der Waals surface area contributed by atoms with Gasteiger partial charge in [0.1, 0.15) is 0 Å². The first-order valence-electron chi connectivity index (χ1n) is 14.2. The molecular weight excluding hydrogens is 442 g/mol. The lowest BCUT2D eigenvalue weighted by Crippen LogP contribution is -3.00. The summed E-state index contributed by atoms with van der Waals surface area (Å²) in [5.74, 6) is -0.270. The molecule has 0 aromatic carbocycles. The first-order valence-corrected chi connectivity index (χ1v) is 14.2. The molecule has 0 aliphatic carbocycles. The van der Waals surface area contributed by atoms with Crippen molar-refractivity contribution in [3.05, 3.63) is 24.8 Å². The molecule has 0 spiro atoms. The van der Waals surface area contributed by atoms with Crippen LogP contribution in [0.15, 0.2) is 24.8 Å². The molecule has 0 aromatic rings. The fourth-order valence-corrected chi connectivity index (χ4v) is 4.95. The number of halogens is 1. The van der Waals surface area contributed by atoms with E-state index < -0.39 is 0 Å². The van der Waals surface area contributed by atoms with Crippen molar-refractivity contribution in [1.29, 1.82) is 0 Å². The molecule has 2 atom stereocenters. The number of esters is 1. The Balaban J connectivity index is 0. The predicted octanol–water partition coefficient (Wildman–Crippen LogP) is 5.78. The van der Waals surface area contributed by atoms with E-state index in [0.29, 0.717) is 18.2 Å². The third-order valence-electron chi connectivity index (χ3n) is 7.18. The lowest BCUT2D eigenvalue weighted by molar-refractivity contribution is -0.929. The van der Waals surface area contributed by atoms with Crippen LogP contribution in [-0.2, 0) is 9.53 Å². The second kappa shape index (κ2) is 23.9. The number of hydrogen-bond donors (Lipinski definition) is 0. The maximum Gasteiger partial charge on any atom is 0.333 e. The van der Waals surface area contributed by atoms with Gasteiger partial charge in [0.25, 0.3) is 0 Å². The molecule has 0 rings (SSSR count). The van der Waals surface area contributed by atoms with Crippen molar-refractivity contribution in [2.24, 2.45) is 0 Å². The summed E-state index contributed by atoms with van der Waals surface area (Å²) < 4.78 is 6.35. The molecule has 0 radical (unpaired) electrons. The third kappa shape index (κ3) is 18.5. The summed E-state index contributed by atoms with van der Waals surface area (Å²) in [6, 6.07) is 0.591. The highest BCUT2D eigenvalue weighted by molar-refractivity contribution is 5.86. The van der Waals surface area contributed by atoms with Gasteiger partial charge in [0.15, 0.2) is 0 Å². The third-order valence-corrected chi connectivity index (χ3v) is 7.18. The van der Waals surface area contributed by atoms with Crippen molar-refractivity contribution in [2.75, 3.05) is 26.7 Å². The molecule has 34 heavy (non-hydrogen) atoms. The molecule has 202 valence electrons. The highest BCUT2D eigenvalue weighted by Gasteiger charge is 2.29. The van der Waals surface area contributed by atoms with E-state index >= 15 is 0 Å². The summed E-state index contributed by atoms with van der Waals surface area (Å²) in [7, 11) is 2.39. The maximum atomic E-state index is 11.6. The van der Waals surface area contributed by atoms with Crippen LogP contribution in [0.1, 0.15) is 130 Å². The van der Waals surface area contributed by atoms with Gasteiger partial charge in [-0.05, 0) is 38.7 Å². The number of carbonyl (C=O) groups excluding carboxylic acids is 1. The van der Waals surface area contributed by atoms with E-state index in [4.69, 9.17) is 4.74 Å². The van der Waals surface area contributed by atoms with Gasteiger partial charge < -0.3 is 21.6 Å². The molecule has 0 saturated heterocycles. The number of carbonyl (C=O) groups is 1. The van der Waals surface area contributed by atoms with Crippen LogP contribution in [0.4, 0.5) is 0 Å². The highest BCUT2D eigenvalue weighted by Crippen LogP contribution is 2.21. The van der Waals surface area contributed by atoms with Crippen LogP contribution >= 0.6 is 0 Å². The number of ether oxygens (including phenoxy) is 1. The van der Waals surface area contributed by atoms with Crippen molar-refractivity contribution in [1.82, 2.24) is 0 Å². The van der Waals surface area contributed by atoms with Gasteiger partial charge in [0, 0.05) is 12.0 Å². The van der Waals surface area contributed by atoms with Crippen LogP contribution in [0.2, 0.25) is 0 Å². The van der Waals surface area contributed by atoms with E-state index in [0.717, 1.165) is 30.3 Å². The van der Waals surface area contributed by atoms with Crippen molar-refractivity contribution in [3.63, 3.8) is 0 Å². The normalized spacial score (nSPS) is 13.5. The number of nitrogens with zero attached hydrogens (tertiary/aromatic N) is 1. The Hall–Kier alpha value is -0.800. The Kier molecular flexibility index (Phi) is 24.9. The second-order valence-electron chi connectivity index (χ2n) is 10.4. The topological polar surface area (TPSA) is 26.3 Å². The number of likely N-dealkylation sites (N-methyl/N-ethyl adjacent to an activating group) is 1. The zero-order valence-electron chi connectivity index (χ0n) is 23.4. The van der Waals surface area contributed by atoms with Gasteiger partial charge >= 0.3 is 5.97 Å². The Morgan fingerprint density at radius 2 is 1.32 bits per heavy atom. The van der Waals surface area contributed by atoms with Gasteiger partial charge in [0.2, 0.25) is 0 Å². The van der Waals surface area contributed by atoms with Crippen LogP contribution in [0.5, 0.6) is 0 Å². The van der Waals surface area contributed by atoms with Gasteiger partial charge in [-0.15, -0.1) is 0 Å². The zero-order valence-corrected chi connectivity index (χ0v) is 24.1. The molecule has 0 aliphatic heterocycles. The molecule has 2 unspecified atom stereocenters. The Labute approximate surface area is 219 Å². The lowest BCUT2D eigenvalue weighted by atomic mass is 10.0. The summed E-state index contributed by atoms with van der Waals surface area (Å²) in [6.07, 6.45) is 24.9. The molecule has 0 heterocycles. The van der Waals surface area contributed by atoms with Crippen LogP contribution in [0, 0.1) is 0 Å². The van der Waals surface area contributed by atoms with Crippen molar-refractivity contribution < 1.29 is 26.4 Å². The fourth-order valence-electron chi connectivity index (χ4n) is 4.95. The SMILES string of the molecule is C=CC[N+](C)(CCCCCCCCCCCCCCCC)C(CC)CCCOC(=O)C(=C)C.[Cl-]. The van der Waals surface area contributed by atoms with Gasteiger partial charge in [-0.25, -0.2) is 4.79 Å². The molecule has 0 saturated carbocycles. The molecule has 0 amide bonds. The van der Waals surface area contributed by atoms with E-state index in [-0.39, 0.29) is 18.4 Å². The summed E-state index contributed by atoms with van der Waals surface area (Å²) in [5, 5.41) is 0. The minimum atomic E-state index is -0.270. The predicted molar refractivity (Wildman–Crippen MR) is 146 cm³/mol. The summed E-state index contributed by atoms with van der Waals surface area (Å²) in [6.45, 7) is 16.7. The number of unbranched alkanes of at least 4 members (excludes halogenated alkanes) is 13. The molecule has 0 fully saturated rings. The van der Waals surface area contributed by atoms with Crippen molar-refractivity contribution in [3.8, 4) is 0 Å². The molecule has 4 heteroatoms. The van der Waals surface area contributed by atoms with E-state index in [1.807, 2.05) is 0 Å². The van der Waals surface area contributed by atoms with Crippen LogP contribution in [-0.4, -0.2) is 43.2 Å². The Morgan fingerprint density at radius 3 is 1.74 bits per heavy atom. The molecule has 3 nitrogen and oxygen atoms in total. The van der Waals surface area contributed by atoms with E-state index in [1.54, 1.807) is 6.92 Å². The number of hydrogen-bond acceptors (Lipinski definition) is 2. The van der Waals surface area contributed by atoms with Gasteiger partial charge in [0.05, 0.1) is 32.8 Å². The standard InChI is InChI=1S/C30H58NO2.ClH/c1-7-10-11-12-13-14-15-16-17-18-19-20-21-22-26-31(6,25-8-2)29(9-3)24-23-27-33-30(32)28(4)5;/h8,29H,2,4,7,9-27H2,1,3,5-6H3;1H/q+1;/p-1. The van der Waals surface area contributed by atoms with E-state index in [2.05, 4.69) is 40.1 Å². The monoisotopic (exact) mass is 499 g/mol. The molecule has 0 bridgehead atoms. The zero-order chi connectivity index (χ0) is 24.8. The average molecular weight is 500 g/mol. The molecule has 0 aromatic heterocycles. The number of quaternary nitrogens is 1. The lowest BCUT2D eigenvalue weighted by Gasteiger charge is -2.41. The quantitative estimate of drug-likeness (QED) is 0.0552. The van der Waals surface area contributed by atoms with Crippen LogP contribution < -0.4 is 12.4 Å². The first kappa shape index (κ1) is 35.4. The van der Waals surface area contributed by atoms with E-state index in [9.17, 15) is 4.79 Å².